The van der Waals surface area contributed by atoms with Gasteiger partial charge in [0, 0.05) is 10.0 Å². The van der Waals surface area contributed by atoms with Gasteiger partial charge >= 0.3 is 0 Å². The maximum Gasteiger partial charge on any atom is 0.127 e. The lowest BCUT2D eigenvalue weighted by Gasteiger charge is -2.33. The van der Waals surface area contributed by atoms with Crippen LogP contribution in [0.15, 0.2) is 16.6 Å². The molecule has 1 aliphatic rings. The van der Waals surface area contributed by atoms with Crippen molar-refractivity contribution in [1.82, 2.24) is 0 Å². The first-order valence-electron chi connectivity index (χ1n) is 7.03. The van der Waals surface area contributed by atoms with Crippen LogP contribution in [0.4, 0.5) is 0 Å². The van der Waals surface area contributed by atoms with E-state index in [9.17, 15) is 0 Å². The predicted octanol–water partition coefficient (Wildman–Crippen LogP) is 5.70. The molecule has 2 rings (SSSR count). The van der Waals surface area contributed by atoms with Crippen molar-refractivity contribution in [2.24, 2.45) is 11.8 Å². The third-order valence-electron chi connectivity index (χ3n) is 4.29. The molecule has 0 aromatic heterocycles. The van der Waals surface area contributed by atoms with Gasteiger partial charge in [0.05, 0.1) is 12.0 Å². The van der Waals surface area contributed by atoms with Crippen LogP contribution in [0.25, 0.3) is 0 Å². The van der Waals surface area contributed by atoms with E-state index in [4.69, 9.17) is 16.3 Å². The van der Waals surface area contributed by atoms with Gasteiger partial charge in [0.2, 0.25) is 0 Å². The predicted molar refractivity (Wildman–Crippen MR) is 85.0 cm³/mol. The third-order valence-corrected chi connectivity index (χ3v) is 5.04. The van der Waals surface area contributed by atoms with Gasteiger partial charge < -0.3 is 4.74 Å². The summed E-state index contributed by atoms with van der Waals surface area (Å²) in [5.41, 5.74) is 2.25. The van der Waals surface area contributed by atoms with E-state index in [-0.39, 0.29) is 0 Å². The number of ether oxygens (including phenoxy) is 1. The smallest absolute Gasteiger partial charge is 0.127 e. The van der Waals surface area contributed by atoms with Crippen LogP contribution in [0, 0.1) is 18.8 Å². The number of halogens is 2. The first-order valence-corrected chi connectivity index (χ1v) is 8.35. The summed E-state index contributed by atoms with van der Waals surface area (Å²) >= 11 is 9.56. The molecule has 1 aromatic carbocycles. The molecule has 1 nitrogen and oxygen atoms in total. The molecule has 1 aliphatic carbocycles. The first kappa shape index (κ1) is 15.2. The van der Waals surface area contributed by atoms with Crippen molar-refractivity contribution in [3.63, 3.8) is 0 Å². The van der Waals surface area contributed by atoms with E-state index < -0.39 is 0 Å². The van der Waals surface area contributed by atoms with Gasteiger partial charge in [-0.05, 0) is 55.7 Å². The molecule has 0 saturated heterocycles. The molecule has 1 fully saturated rings. The molecular weight excluding hydrogens is 324 g/mol. The maximum atomic E-state index is 6.28. The molecule has 3 unspecified atom stereocenters. The van der Waals surface area contributed by atoms with E-state index in [1.54, 1.807) is 0 Å². The fourth-order valence-corrected chi connectivity index (χ4v) is 3.66. The minimum absolute atomic E-state index is 0.341. The summed E-state index contributed by atoms with van der Waals surface area (Å²) in [5, 5.41) is 0. The van der Waals surface area contributed by atoms with E-state index >= 15 is 0 Å². The Hall–Kier alpha value is -0.210. The molecule has 0 N–H and O–H groups in total. The zero-order chi connectivity index (χ0) is 14.0. The summed E-state index contributed by atoms with van der Waals surface area (Å²) in [6.45, 7) is 6.76. The molecule has 3 atom stereocenters. The van der Waals surface area contributed by atoms with Crippen molar-refractivity contribution in [1.29, 1.82) is 0 Å². The first-order chi connectivity index (χ1) is 9.01. The molecule has 1 aromatic rings. The summed E-state index contributed by atoms with van der Waals surface area (Å²) in [6.07, 6.45) is 3.91. The van der Waals surface area contributed by atoms with Crippen LogP contribution in [0.1, 0.15) is 44.2 Å². The molecular formula is C16H22BrClO. The van der Waals surface area contributed by atoms with Crippen molar-refractivity contribution in [2.75, 3.05) is 0 Å². The number of rotatable bonds is 3. The topological polar surface area (TPSA) is 9.23 Å². The van der Waals surface area contributed by atoms with Crippen LogP contribution < -0.4 is 4.74 Å². The highest BCUT2D eigenvalue weighted by atomic mass is 79.9. The Labute approximate surface area is 129 Å². The zero-order valence-electron chi connectivity index (χ0n) is 11.9. The van der Waals surface area contributed by atoms with Gasteiger partial charge in [0.25, 0.3) is 0 Å². The van der Waals surface area contributed by atoms with E-state index in [0.29, 0.717) is 12.0 Å². The van der Waals surface area contributed by atoms with Gasteiger partial charge in [0.1, 0.15) is 5.75 Å². The molecule has 1 saturated carbocycles. The Morgan fingerprint density at radius 1 is 1.26 bits per heavy atom. The van der Waals surface area contributed by atoms with Crippen molar-refractivity contribution in [3.05, 3.63) is 27.7 Å². The van der Waals surface area contributed by atoms with Gasteiger partial charge in [0.15, 0.2) is 0 Å². The Morgan fingerprint density at radius 3 is 2.63 bits per heavy atom. The van der Waals surface area contributed by atoms with Crippen molar-refractivity contribution < 1.29 is 4.74 Å². The Kier molecular flexibility index (Phi) is 5.19. The minimum Gasteiger partial charge on any atom is -0.490 e. The highest BCUT2D eigenvalue weighted by Crippen LogP contribution is 2.35. The highest BCUT2D eigenvalue weighted by molar-refractivity contribution is 9.10. The van der Waals surface area contributed by atoms with E-state index in [1.807, 2.05) is 0 Å². The number of alkyl halides is 1. The van der Waals surface area contributed by atoms with Crippen molar-refractivity contribution >= 4 is 27.5 Å². The Balaban J connectivity index is 2.15. The largest absolute Gasteiger partial charge is 0.490 e. The van der Waals surface area contributed by atoms with E-state index in [0.717, 1.165) is 46.0 Å². The van der Waals surface area contributed by atoms with Gasteiger partial charge in [-0.15, -0.1) is 11.6 Å². The summed E-state index contributed by atoms with van der Waals surface area (Å²) in [5.74, 6) is 3.05. The van der Waals surface area contributed by atoms with Crippen molar-refractivity contribution in [3.8, 4) is 5.75 Å². The second-order valence-corrected chi connectivity index (χ2v) is 7.03. The highest BCUT2D eigenvalue weighted by Gasteiger charge is 2.26. The van der Waals surface area contributed by atoms with Crippen LogP contribution >= 0.6 is 27.5 Å². The molecule has 0 heterocycles. The SMILES string of the molecule is Cc1cc(Br)cc(CCl)c1OC1CCC(C)C(C)C1. The summed E-state index contributed by atoms with van der Waals surface area (Å²) in [6, 6.07) is 4.16. The normalized spacial score (nSPS) is 27.3. The minimum atomic E-state index is 0.341. The Bertz CT molecular complexity index is 447. The average molecular weight is 346 g/mol. The number of benzene rings is 1. The van der Waals surface area contributed by atoms with Crippen LogP contribution in [-0.2, 0) is 5.88 Å². The average Bonchev–Trinajstić information content (AvgIpc) is 2.36. The van der Waals surface area contributed by atoms with Gasteiger partial charge in [-0.3, -0.25) is 0 Å². The quantitative estimate of drug-likeness (QED) is 0.638. The molecule has 0 amide bonds. The standard InChI is InChI=1S/C16H22BrClO/c1-10-4-5-15(7-11(10)2)19-16-12(3)6-14(17)8-13(16)9-18/h6,8,10-11,15H,4-5,7,9H2,1-3H3. The third kappa shape index (κ3) is 3.66. The number of hydrogen-bond acceptors (Lipinski definition) is 1. The monoisotopic (exact) mass is 344 g/mol. The lowest BCUT2D eigenvalue weighted by molar-refractivity contribution is 0.0992. The van der Waals surface area contributed by atoms with Crippen LogP contribution in [0.2, 0.25) is 0 Å². The fraction of sp³-hybridized carbons (Fsp3) is 0.625. The molecule has 0 aliphatic heterocycles. The second-order valence-electron chi connectivity index (χ2n) is 5.85. The molecule has 106 valence electrons. The number of aryl methyl sites for hydroxylation is 1. The second kappa shape index (κ2) is 6.49. The lowest BCUT2D eigenvalue weighted by Crippen LogP contribution is -2.29. The molecule has 19 heavy (non-hydrogen) atoms. The maximum absolute atomic E-state index is 6.28. The zero-order valence-corrected chi connectivity index (χ0v) is 14.2. The summed E-state index contributed by atoms with van der Waals surface area (Å²) < 4.78 is 7.34. The van der Waals surface area contributed by atoms with Crippen molar-refractivity contribution in [2.45, 2.75) is 52.0 Å². The van der Waals surface area contributed by atoms with Crippen LogP contribution in [0.5, 0.6) is 5.75 Å². The fourth-order valence-electron chi connectivity index (χ4n) is 2.84. The Morgan fingerprint density at radius 2 is 2.00 bits per heavy atom. The van der Waals surface area contributed by atoms with Gasteiger partial charge in [-0.1, -0.05) is 29.8 Å². The van der Waals surface area contributed by atoms with E-state index in [2.05, 4.69) is 48.8 Å². The van der Waals surface area contributed by atoms with E-state index in [1.165, 1.54) is 6.42 Å². The molecule has 0 radical (unpaired) electrons. The van der Waals surface area contributed by atoms with Gasteiger partial charge in [-0.2, -0.15) is 0 Å². The van der Waals surface area contributed by atoms with Gasteiger partial charge in [-0.25, -0.2) is 0 Å². The lowest BCUT2D eigenvalue weighted by atomic mass is 9.80. The molecule has 0 spiro atoms. The van der Waals surface area contributed by atoms with Crippen LogP contribution in [-0.4, -0.2) is 6.10 Å². The number of hydrogen-bond donors (Lipinski definition) is 0. The summed E-state index contributed by atoms with van der Waals surface area (Å²) in [4.78, 5) is 0. The molecule has 0 bridgehead atoms. The molecule has 3 heteroatoms. The van der Waals surface area contributed by atoms with Crippen LogP contribution in [0.3, 0.4) is 0 Å². The summed E-state index contributed by atoms with van der Waals surface area (Å²) in [7, 11) is 0.